The third-order valence-electron chi connectivity index (χ3n) is 3.93. The average Bonchev–Trinajstić information content (AvgIpc) is 2.74. The van der Waals surface area contributed by atoms with Gasteiger partial charge in [0.05, 0.1) is 25.3 Å². The van der Waals surface area contributed by atoms with E-state index < -0.39 is 5.97 Å². The molecule has 0 fully saturated rings. The summed E-state index contributed by atoms with van der Waals surface area (Å²) in [5.74, 6) is 0.577. The van der Waals surface area contributed by atoms with Gasteiger partial charge in [0.1, 0.15) is 11.6 Å². The lowest BCUT2D eigenvalue weighted by molar-refractivity contribution is 0.0600. The number of ether oxygens (including phenoxy) is 2. The van der Waals surface area contributed by atoms with Crippen molar-refractivity contribution in [1.29, 1.82) is 0 Å². The Bertz CT molecular complexity index is 970. The Morgan fingerprint density at radius 2 is 1.68 bits per heavy atom. The number of amides is 1. The van der Waals surface area contributed by atoms with Crippen LogP contribution in [0.3, 0.4) is 0 Å². The molecule has 2 N–H and O–H groups in total. The predicted molar refractivity (Wildman–Crippen MR) is 106 cm³/mol. The zero-order chi connectivity index (χ0) is 19.9. The van der Waals surface area contributed by atoms with E-state index in [-0.39, 0.29) is 5.91 Å². The van der Waals surface area contributed by atoms with Gasteiger partial charge in [-0.3, -0.25) is 4.79 Å². The third kappa shape index (κ3) is 4.64. The number of rotatable bonds is 6. The SMILES string of the molecule is COC(=O)c1cccc(NC(=O)c2ccc(Nc3ccc(OC)cc3)nc2)c1. The molecule has 3 rings (SSSR count). The number of aromatic nitrogens is 1. The molecule has 0 bridgehead atoms. The van der Waals surface area contributed by atoms with Crippen LogP contribution < -0.4 is 15.4 Å². The molecule has 0 aliphatic rings. The van der Waals surface area contributed by atoms with Crippen LogP contribution in [-0.2, 0) is 4.74 Å². The Balaban J connectivity index is 1.65. The first-order valence-electron chi connectivity index (χ1n) is 8.46. The lowest BCUT2D eigenvalue weighted by atomic mass is 10.2. The van der Waals surface area contributed by atoms with Gasteiger partial charge in [0.25, 0.3) is 5.91 Å². The summed E-state index contributed by atoms with van der Waals surface area (Å²) in [6.45, 7) is 0. The number of hydrogen-bond acceptors (Lipinski definition) is 6. The molecule has 28 heavy (non-hydrogen) atoms. The van der Waals surface area contributed by atoms with Crippen molar-refractivity contribution in [2.45, 2.75) is 0 Å². The molecule has 142 valence electrons. The maximum Gasteiger partial charge on any atom is 0.337 e. The molecular formula is C21H19N3O4. The number of benzene rings is 2. The van der Waals surface area contributed by atoms with Crippen molar-refractivity contribution in [3.05, 3.63) is 78.0 Å². The van der Waals surface area contributed by atoms with E-state index in [1.54, 1.807) is 43.5 Å². The summed E-state index contributed by atoms with van der Waals surface area (Å²) in [7, 11) is 2.92. The molecule has 7 heteroatoms. The molecular weight excluding hydrogens is 358 g/mol. The highest BCUT2D eigenvalue weighted by Crippen LogP contribution is 2.19. The van der Waals surface area contributed by atoms with Crippen molar-refractivity contribution in [3.8, 4) is 5.75 Å². The van der Waals surface area contributed by atoms with E-state index in [9.17, 15) is 9.59 Å². The Kier molecular flexibility index (Phi) is 5.86. The van der Waals surface area contributed by atoms with Crippen LogP contribution in [0.4, 0.5) is 17.2 Å². The molecule has 7 nitrogen and oxygen atoms in total. The number of nitrogens with one attached hydrogen (secondary N) is 2. The second-order valence-corrected chi connectivity index (χ2v) is 5.81. The van der Waals surface area contributed by atoms with Gasteiger partial charge in [-0.25, -0.2) is 9.78 Å². The number of nitrogens with zero attached hydrogens (tertiary/aromatic N) is 1. The van der Waals surface area contributed by atoms with Crippen LogP contribution in [0, 0.1) is 0 Å². The van der Waals surface area contributed by atoms with Gasteiger partial charge in [-0.2, -0.15) is 0 Å². The van der Waals surface area contributed by atoms with Gasteiger partial charge in [-0.15, -0.1) is 0 Å². The second-order valence-electron chi connectivity index (χ2n) is 5.81. The van der Waals surface area contributed by atoms with Crippen LogP contribution in [0.15, 0.2) is 66.9 Å². The fraction of sp³-hybridized carbons (Fsp3) is 0.0952. The quantitative estimate of drug-likeness (QED) is 0.634. The lowest BCUT2D eigenvalue weighted by Gasteiger charge is -2.09. The molecule has 0 saturated carbocycles. The van der Waals surface area contributed by atoms with E-state index in [2.05, 4.69) is 20.4 Å². The van der Waals surface area contributed by atoms with Gasteiger partial charge in [0, 0.05) is 17.6 Å². The van der Waals surface area contributed by atoms with Gasteiger partial charge in [-0.05, 0) is 54.6 Å². The fourth-order valence-corrected chi connectivity index (χ4v) is 2.47. The normalized spacial score (nSPS) is 10.1. The maximum absolute atomic E-state index is 12.4. The molecule has 3 aromatic rings. The van der Waals surface area contributed by atoms with Crippen LogP contribution in [0.25, 0.3) is 0 Å². The summed E-state index contributed by atoms with van der Waals surface area (Å²) in [5, 5.41) is 5.89. The van der Waals surface area contributed by atoms with Crippen LogP contribution in [0.5, 0.6) is 5.75 Å². The molecule has 0 aliphatic heterocycles. The fourth-order valence-electron chi connectivity index (χ4n) is 2.47. The van der Waals surface area contributed by atoms with E-state index in [1.807, 2.05) is 24.3 Å². The average molecular weight is 377 g/mol. The second kappa shape index (κ2) is 8.68. The molecule has 0 saturated heterocycles. The first kappa shape index (κ1) is 18.9. The van der Waals surface area contributed by atoms with E-state index >= 15 is 0 Å². The Morgan fingerprint density at radius 1 is 0.893 bits per heavy atom. The minimum Gasteiger partial charge on any atom is -0.497 e. The number of esters is 1. The van der Waals surface area contributed by atoms with Crippen LogP contribution in [0.2, 0.25) is 0 Å². The Morgan fingerprint density at radius 3 is 2.32 bits per heavy atom. The van der Waals surface area contributed by atoms with E-state index in [0.29, 0.717) is 22.6 Å². The molecule has 0 unspecified atom stereocenters. The largest absolute Gasteiger partial charge is 0.497 e. The van der Waals surface area contributed by atoms with Crippen molar-refractivity contribution in [2.75, 3.05) is 24.9 Å². The van der Waals surface area contributed by atoms with Crippen molar-refractivity contribution in [1.82, 2.24) is 4.98 Å². The van der Waals surface area contributed by atoms with Gasteiger partial charge in [0.2, 0.25) is 0 Å². The van der Waals surface area contributed by atoms with Crippen LogP contribution in [0.1, 0.15) is 20.7 Å². The molecule has 1 amide bonds. The zero-order valence-electron chi connectivity index (χ0n) is 15.4. The van der Waals surface area contributed by atoms with Gasteiger partial charge >= 0.3 is 5.97 Å². The molecule has 0 aliphatic carbocycles. The summed E-state index contributed by atoms with van der Waals surface area (Å²) >= 11 is 0. The highest BCUT2D eigenvalue weighted by Gasteiger charge is 2.10. The summed E-state index contributed by atoms with van der Waals surface area (Å²) in [5.41, 5.74) is 2.10. The zero-order valence-corrected chi connectivity index (χ0v) is 15.4. The van der Waals surface area contributed by atoms with Crippen molar-refractivity contribution in [3.63, 3.8) is 0 Å². The van der Waals surface area contributed by atoms with Crippen molar-refractivity contribution in [2.24, 2.45) is 0 Å². The van der Waals surface area contributed by atoms with E-state index in [4.69, 9.17) is 4.74 Å². The maximum atomic E-state index is 12.4. The van der Waals surface area contributed by atoms with E-state index in [0.717, 1.165) is 11.4 Å². The van der Waals surface area contributed by atoms with Crippen molar-refractivity contribution >= 4 is 29.1 Å². The van der Waals surface area contributed by atoms with Crippen LogP contribution >= 0.6 is 0 Å². The van der Waals surface area contributed by atoms with Gasteiger partial charge in [-0.1, -0.05) is 6.07 Å². The minimum atomic E-state index is -0.466. The molecule has 0 spiro atoms. The standard InChI is InChI=1S/C21H19N3O4/c1-27-18-9-7-16(8-10-18)23-19-11-6-15(13-22-19)20(25)24-17-5-3-4-14(12-17)21(26)28-2/h3-13H,1-2H3,(H,22,23)(H,24,25). The summed E-state index contributed by atoms with van der Waals surface area (Å²) in [6, 6.07) is 17.3. The number of carbonyl (C=O) groups is 2. The number of pyridine rings is 1. The Hall–Kier alpha value is -3.87. The number of hydrogen-bond donors (Lipinski definition) is 2. The summed E-state index contributed by atoms with van der Waals surface area (Å²) in [6.07, 6.45) is 1.48. The smallest absolute Gasteiger partial charge is 0.337 e. The minimum absolute atomic E-state index is 0.328. The molecule has 1 heterocycles. The molecule has 2 aromatic carbocycles. The summed E-state index contributed by atoms with van der Waals surface area (Å²) in [4.78, 5) is 28.3. The summed E-state index contributed by atoms with van der Waals surface area (Å²) < 4.78 is 9.80. The van der Waals surface area contributed by atoms with Gasteiger partial charge < -0.3 is 20.1 Å². The molecule has 0 atom stereocenters. The highest BCUT2D eigenvalue weighted by atomic mass is 16.5. The monoisotopic (exact) mass is 377 g/mol. The number of anilines is 3. The third-order valence-corrected chi connectivity index (χ3v) is 3.93. The molecule has 0 radical (unpaired) electrons. The predicted octanol–water partition coefficient (Wildman–Crippen LogP) is 3.87. The van der Waals surface area contributed by atoms with Crippen LogP contribution in [-0.4, -0.2) is 31.1 Å². The van der Waals surface area contributed by atoms with E-state index in [1.165, 1.54) is 13.3 Å². The first-order chi connectivity index (χ1) is 13.6. The first-order valence-corrected chi connectivity index (χ1v) is 8.46. The number of methoxy groups -OCH3 is 2. The van der Waals surface area contributed by atoms with Gasteiger partial charge in [0.15, 0.2) is 0 Å². The number of carbonyl (C=O) groups excluding carboxylic acids is 2. The lowest BCUT2D eigenvalue weighted by Crippen LogP contribution is -2.13. The highest BCUT2D eigenvalue weighted by molar-refractivity contribution is 6.04. The topological polar surface area (TPSA) is 89.5 Å². The molecule has 1 aromatic heterocycles. The Labute approximate surface area is 162 Å². The van der Waals surface area contributed by atoms with Crippen molar-refractivity contribution < 1.29 is 19.1 Å².